The van der Waals surface area contributed by atoms with Crippen LogP contribution in [0.15, 0.2) is 0 Å². The fourth-order valence-electron chi connectivity index (χ4n) is 0.438. The Morgan fingerprint density at radius 2 is 1.78 bits per heavy atom. The molecule has 0 saturated carbocycles. The molecule has 0 atom stereocenters. The van der Waals surface area contributed by atoms with Crippen LogP contribution in [0.1, 0.15) is 13.8 Å². The van der Waals surface area contributed by atoms with Crippen LogP contribution in [0.3, 0.4) is 0 Å². The highest BCUT2D eigenvalue weighted by atomic mass is 35.9. The van der Waals surface area contributed by atoms with E-state index in [0.717, 1.165) is 0 Å². The van der Waals surface area contributed by atoms with E-state index in [0.29, 0.717) is 0 Å². The van der Waals surface area contributed by atoms with E-state index in [1.165, 1.54) is 0 Å². The van der Waals surface area contributed by atoms with Crippen LogP contribution in [0.5, 0.6) is 0 Å². The lowest BCUT2D eigenvalue weighted by Gasteiger charge is -2.14. The van der Waals surface area contributed by atoms with Gasteiger partial charge in [-0.2, -0.15) is 0 Å². The summed E-state index contributed by atoms with van der Waals surface area (Å²) in [5.74, 6) is -2.97. The lowest BCUT2D eigenvalue weighted by Crippen LogP contribution is -2.13. The van der Waals surface area contributed by atoms with E-state index in [2.05, 4.69) is 0 Å². The van der Waals surface area contributed by atoms with Gasteiger partial charge in [-0.15, -0.1) is 11.6 Å². The van der Waals surface area contributed by atoms with Gasteiger partial charge in [-0.25, -0.2) is 0 Å². The molecule has 0 heterocycles. The first-order chi connectivity index (χ1) is 3.71. The van der Waals surface area contributed by atoms with E-state index in [-0.39, 0.29) is 6.16 Å². The minimum Gasteiger partial charge on any atom is -0.289 e. The maximum atomic E-state index is 10.7. The Kier molecular flexibility index (Phi) is 3.37. The third-order valence-corrected chi connectivity index (χ3v) is 2.76. The molecule has 1 nitrogen and oxygen atoms in total. The Morgan fingerprint density at radius 3 is 1.78 bits per heavy atom. The number of halogens is 3. The maximum Gasteiger partial charge on any atom is 0.254 e. The molecule has 0 aliphatic heterocycles. The third kappa shape index (κ3) is 9.10. The van der Waals surface area contributed by atoms with Crippen molar-refractivity contribution in [3.8, 4) is 0 Å². The summed E-state index contributed by atoms with van der Waals surface area (Å²) in [4.78, 5) is -0.570. The van der Waals surface area contributed by atoms with Crippen LogP contribution < -0.4 is 0 Å². The van der Waals surface area contributed by atoms with Crippen molar-refractivity contribution in [1.82, 2.24) is 0 Å². The number of hydrogen-bond donors (Lipinski definition) is 0. The number of alkyl halides is 1. The zero-order chi connectivity index (χ0) is 7.71. The van der Waals surface area contributed by atoms with Gasteiger partial charge in [-0.3, -0.25) is 4.57 Å². The molecule has 5 heteroatoms. The average molecular weight is 209 g/mol. The first-order valence-corrected chi connectivity index (χ1v) is 6.46. The molecule has 0 N–H and O–H groups in total. The van der Waals surface area contributed by atoms with Crippen LogP contribution in [-0.2, 0) is 4.57 Å². The fourth-order valence-corrected chi connectivity index (χ4v) is 3.98. The molecule has 56 valence electrons. The maximum absolute atomic E-state index is 10.7. The zero-order valence-corrected chi connectivity index (χ0v) is 8.36. The SMILES string of the molecule is CC(C)(Cl)CP(=O)(Cl)Cl. The second-order valence-corrected chi connectivity index (χ2v) is 8.72. The smallest absolute Gasteiger partial charge is 0.254 e. The summed E-state index contributed by atoms with van der Waals surface area (Å²) in [7, 11) is 0. The van der Waals surface area contributed by atoms with E-state index in [1.807, 2.05) is 0 Å². The minimum atomic E-state index is -2.97. The van der Waals surface area contributed by atoms with E-state index >= 15 is 0 Å². The predicted octanol–water partition coefficient (Wildman–Crippen LogP) is 3.67. The highest BCUT2D eigenvalue weighted by molar-refractivity contribution is 8.08. The van der Waals surface area contributed by atoms with E-state index in [4.69, 9.17) is 34.1 Å². The number of rotatable bonds is 2. The van der Waals surface area contributed by atoms with E-state index in [9.17, 15) is 4.57 Å². The van der Waals surface area contributed by atoms with Crippen molar-refractivity contribution in [2.24, 2.45) is 0 Å². The summed E-state index contributed by atoms with van der Waals surface area (Å²) in [5, 5.41) is 0. The van der Waals surface area contributed by atoms with Gasteiger partial charge < -0.3 is 0 Å². The first-order valence-electron chi connectivity index (χ1n) is 2.38. The molecule has 0 aromatic heterocycles. The summed E-state index contributed by atoms with van der Waals surface area (Å²) in [6, 6.07) is 0. The molecular formula is C4H8Cl3OP. The Balaban J connectivity index is 3.90. The topological polar surface area (TPSA) is 17.1 Å². The van der Waals surface area contributed by atoms with E-state index in [1.54, 1.807) is 13.8 Å². The molecule has 0 saturated heterocycles. The summed E-state index contributed by atoms with van der Waals surface area (Å²) in [5.41, 5.74) is 0. The molecule has 0 aliphatic rings. The molecule has 0 amide bonds. The monoisotopic (exact) mass is 208 g/mol. The van der Waals surface area contributed by atoms with Gasteiger partial charge in [0.2, 0.25) is 0 Å². The molecule has 0 aromatic carbocycles. The Bertz CT molecular complexity index is 133. The largest absolute Gasteiger partial charge is 0.289 e. The minimum absolute atomic E-state index is 0.144. The van der Waals surface area contributed by atoms with Gasteiger partial charge in [0.05, 0.1) is 0 Å². The van der Waals surface area contributed by atoms with Crippen LogP contribution in [-0.4, -0.2) is 11.0 Å². The lowest BCUT2D eigenvalue weighted by molar-refractivity contribution is 0.587. The summed E-state index contributed by atoms with van der Waals surface area (Å²) in [6.07, 6.45) is 0.144. The molecule has 0 spiro atoms. The Morgan fingerprint density at radius 1 is 1.44 bits per heavy atom. The molecule has 0 fully saturated rings. The summed E-state index contributed by atoms with van der Waals surface area (Å²) < 4.78 is 10.7. The van der Waals surface area contributed by atoms with Gasteiger partial charge in [-0.05, 0) is 36.3 Å². The second kappa shape index (κ2) is 3.00. The quantitative estimate of drug-likeness (QED) is 0.501. The fraction of sp³-hybridized carbons (Fsp3) is 1.00. The van der Waals surface area contributed by atoms with Gasteiger partial charge in [0.25, 0.3) is 5.85 Å². The van der Waals surface area contributed by atoms with Gasteiger partial charge in [-0.1, -0.05) is 0 Å². The highest BCUT2D eigenvalue weighted by Crippen LogP contribution is 2.59. The van der Waals surface area contributed by atoms with Crippen LogP contribution in [0, 0.1) is 0 Å². The van der Waals surface area contributed by atoms with Gasteiger partial charge in [0, 0.05) is 11.0 Å². The molecule has 0 bridgehead atoms. The average Bonchev–Trinajstić information content (AvgIpc) is 1.14. The Labute approximate surface area is 69.6 Å². The molecule has 0 unspecified atom stereocenters. The van der Waals surface area contributed by atoms with Crippen LogP contribution in [0.2, 0.25) is 0 Å². The van der Waals surface area contributed by atoms with Crippen molar-refractivity contribution < 1.29 is 4.57 Å². The van der Waals surface area contributed by atoms with Gasteiger partial charge in [0.15, 0.2) is 0 Å². The molecule has 0 radical (unpaired) electrons. The zero-order valence-electron chi connectivity index (χ0n) is 5.20. The van der Waals surface area contributed by atoms with Crippen molar-refractivity contribution in [3.63, 3.8) is 0 Å². The standard InChI is InChI=1S/C4H8Cl3OP/c1-4(2,5)3-9(6,7)8/h3H2,1-2H3. The van der Waals surface area contributed by atoms with Crippen molar-refractivity contribution in [2.75, 3.05) is 6.16 Å². The lowest BCUT2D eigenvalue weighted by atomic mass is 10.3. The van der Waals surface area contributed by atoms with Crippen molar-refractivity contribution in [2.45, 2.75) is 18.7 Å². The first kappa shape index (κ1) is 10.1. The summed E-state index contributed by atoms with van der Waals surface area (Å²) in [6.45, 7) is 3.43. The van der Waals surface area contributed by atoms with Gasteiger partial charge >= 0.3 is 0 Å². The molecule has 0 aliphatic carbocycles. The van der Waals surface area contributed by atoms with Crippen molar-refractivity contribution >= 4 is 39.9 Å². The van der Waals surface area contributed by atoms with Crippen LogP contribution in [0.4, 0.5) is 0 Å². The second-order valence-electron chi connectivity index (χ2n) is 2.45. The molecule has 0 rings (SSSR count). The molecule has 0 aromatic rings. The van der Waals surface area contributed by atoms with Crippen LogP contribution >= 0.6 is 39.9 Å². The predicted molar refractivity (Wildman–Crippen MR) is 44.1 cm³/mol. The van der Waals surface area contributed by atoms with Crippen LogP contribution in [0.25, 0.3) is 0 Å². The van der Waals surface area contributed by atoms with Crippen molar-refractivity contribution in [1.29, 1.82) is 0 Å². The molecular weight excluding hydrogens is 201 g/mol. The van der Waals surface area contributed by atoms with E-state index < -0.39 is 10.7 Å². The summed E-state index contributed by atoms with van der Waals surface area (Å²) >= 11 is 16.2. The third-order valence-electron chi connectivity index (χ3n) is 0.560. The molecule has 9 heavy (non-hydrogen) atoms. The van der Waals surface area contributed by atoms with Gasteiger partial charge in [0.1, 0.15) is 0 Å². The van der Waals surface area contributed by atoms with Crippen molar-refractivity contribution in [3.05, 3.63) is 0 Å². The number of hydrogen-bond acceptors (Lipinski definition) is 1. The highest BCUT2D eigenvalue weighted by Gasteiger charge is 2.25. The normalized spacial score (nSPS) is 13.9. The Hall–Kier alpha value is 1.10.